The average molecular weight is 174 g/mol. The van der Waals surface area contributed by atoms with Crippen LogP contribution in [0.15, 0.2) is 0 Å². The number of rotatable bonds is 7. The number of hydrogen-bond acceptors (Lipinski definition) is 3. The van der Waals surface area contributed by atoms with Crippen molar-refractivity contribution in [1.82, 2.24) is 0 Å². The maximum absolute atomic E-state index is 10.8. The van der Waals surface area contributed by atoms with Crippen molar-refractivity contribution in [3.8, 4) is 0 Å². The van der Waals surface area contributed by atoms with E-state index in [1.54, 1.807) is 0 Å². The number of Topliss-reactive ketones (excluding diaryl/α,β-unsaturated/α-hetero) is 1. The highest BCUT2D eigenvalue weighted by Gasteiger charge is 2.01. The number of unbranched alkanes of at least 4 members (excludes halogenated alkanes) is 1. The summed E-state index contributed by atoms with van der Waals surface area (Å²) in [7, 11) is 1.47. The number of ether oxygens (including phenoxy) is 1. The van der Waals surface area contributed by atoms with Gasteiger partial charge in [0, 0.05) is 20.0 Å². The van der Waals surface area contributed by atoms with Crippen molar-refractivity contribution in [1.29, 1.82) is 0 Å². The normalized spacial score (nSPS) is 9.75. The minimum Gasteiger partial charge on any atom is -0.481 e. The van der Waals surface area contributed by atoms with E-state index in [2.05, 4.69) is 4.74 Å². The minimum absolute atomic E-state index is 0.0305. The Morgan fingerprint density at radius 3 is 2.33 bits per heavy atom. The molecule has 12 heavy (non-hydrogen) atoms. The quantitative estimate of drug-likeness (QED) is 0.581. The lowest BCUT2D eigenvalue weighted by Crippen LogP contribution is -2.06. The van der Waals surface area contributed by atoms with E-state index in [0.29, 0.717) is 19.3 Å². The third-order valence-electron chi connectivity index (χ3n) is 1.40. The van der Waals surface area contributed by atoms with Crippen LogP contribution in [0.4, 0.5) is 0 Å². The molecule has 1 N–H and O–H groups in total. The molecule has 0 saturated carbocycles. The molecule has 0 aromatic carbocycles. The van der Waals surface area contributed by atoms with Gasteiger partial charge in [0.2, 0.25) is 0 Å². The molecule has 0 atom stereocenters. The molecule has 4 nitrogen and oxygen atoms in total. The SMILES string of the molecule is COCC(=O)CCCCC(=O)O. The molecule has 0 heterocycles. The second kappa shape index (κ2) is 6.79. The van der Waals surface area contributed by atoms with Gasteiger partial charge >= 0.3 is 5.97 Å². The third-order valence-corrected chi connectivity index (χ3v) is 1.40. The van der Waals surface area contributed by atoms with E-state index in [1.165, 1.54) is 7.11 Å². The summed E-state index contributed by atoms with van der Waals surface area (Å²) in [5, 5.41) is 8.27. The number of carboxylic acids is 1. The zero-order valence-corrected chi connectivity index (χ0v) is 7.21. The van der Waals surface area contributed by atoms with Crippen LogP contribution >= 0.6 is 0 Å². The van der Waals surface area contributed by atoms with Crippen LogP contribution < -0.4 is 0 Å². The van der Waals surface area contributed by atoms with Gasteiger partial charge in [-0.2, -0.15) is 0 Å². The van der Waals surface area contributed by atoms with Gasteiger partial charge in [-0.1, -0.05) is 0 Å². The van der Waals surface area contributed by atoms with Crippen LogP contribution in [0.3, 0.4) is 0 Å². The van der Waals surface area contributed by atoms with Crippen LogP contribution in [0.1, 0.15) is 25.7 Å². The maximum Gasteiger partial charge on any atom is 0.303 e. The van der Waals surface area contributed by atoms with Gasteiger partial charge < -0.3 is 9.84 Å². The summed E-state index contributed by atoms with van der Waals surface area (Å²) in [6.07, 6.45) is 1.75. The number of hydrogen-bond donors (Lipinski definition) is 1. The molecule has 70 valence electrons. The van der Waals surface area contributed by atoms with Crippen molar-refractivity contribution in [2.24, 2.45) is 0 Å². The van der Waals surface area contributed by atoms with E-state index in [9.17, 15) is 9.59 Å². The molecule has 0 aliphatic heterocycles. The summed E-state index contributed by atoms with van der Waals surface area (Å²) in [5.41, 5.74) is 0. The number of ketones is 1. The summed E-state index contributed by atoms with van der Waals surface area (Å²) in [6.45, 7) is 0.132. The van der Waals surface area contributed by atoms with Crippen LogP contribution in [0.25, 0.3) is 0 Å². The first-order valence-electron chi connectivity index (χ1n) is 3.89. The van der Waals surface area contributed by atoms with Gasteiger partial charge in [0.25, 0.3) is 0 Å². The van der Waals surface area contributed by atoms with Crippen molar-refractivity contribution in [2.45, 2.75) is 25.7 Å². The minimum atomic E-state index is -0.811. The number of carbonyl (C=O) groups is 2. The Morgan fingerprint density at radius 2 is 1.83 bits per heavy atom. The monoisotopic (exact) mass is 174 g/mol. The molecule has 4 heteroatoms. The van der Waals surface area contributed by atoms with Gasteiger partial charge in [0.05, 0.1) is 0 Å². The third kappa shape index (κ3) is 7.21. The predicted molar refractivity (Wildman–Crippen MR) is 43.0 cm³/mol. The highest BCUT2D eigenvalue weighted by Crippen LogP contribution is 2.00. The Morgan fingerprint density at radius 1 is 1.25 bits per heavy atom. The lowest BCUT2D eigenvalue weighted by molar-refractivity contribution is -0.137. The lowest BCUT2D eigenvalue weighted by Gasteiger charge is -1.97. The average Bonchev–Trinajstić information content (AvgIpc) is 1.98. The molecule has 0 aliphatic rings. The van der Waals surface area contributed by atoms with Crippen LogP contribution in [0.2, 0.25) is 0 Å². The van der Waals surface area contributed by atoms with Crippen LogP contribution in [-0.4, -0.2) is 30.6 Å². The molecule has 0 amide bonds. The van der Waals surface area contributed by atoms with E-state index in [-0.39, 0.29) is 18.8 Å². The Balaban J connectivity index is 3.19. The maximum atomic E-state index is 10.8. The zero-order valence-electron chi connectivity index (χ0n) is 7.21. The van der Waals surface area contributed by atoms with Crippen molar-refractivity contribution in [2.75, 3.05) is 13.7 Å². The summed E-state index contributed by atoms with van der Waals surface area (Å²) in [5.74, 6) is -0.780. The summed E-state index contributed by atoms with van der Waals surface area (Å²) < 4.78 is 4.62. The Hall–Kier alpha value is -0.900. The molecule has 0 spiro atoms. The molecular weight excluding hydrogens is 160 g/mol. The Kier molecular flexibility index (Phi) is 6.28. The molecule has 0 rings (SSSR count). The predicted octanol–water partition coefficient (Wildman–Crippen LogP) is 0.847. The molecule has 0 bridgehead atoms. The molecular formula is C8H14O4. The van der Waals surface area contributed by atoms with Gasteiger partial charge in [-0.25, -0.2) is 0 Å². The van der Waals surface area contributed by atoms with Gasteiger partial charge in [-0.15, -0.1) is 0 Å². The summed E-state index contributed by atoms with van der Waals surface area (Å²) in [6, 6.07) is 0. The first-order valence-corrected chi connectivity index (χ1v) is 3.89. The molecule has 0 fully saturated rings. The molecule has 0 aromatic heterocycles. The molecule has 0 aliphatic carbocycles. The lowest BCUT2D eigenvalue weighted by atomic mass is 10.1. The van der Waals surface area contributed by atoms with Crippen molar-refractivity contribution >= 4 is 11.8 Å². The van der Waals surface area contributed by atoms with Crippen molar-refractivity contribution in [3.05, 3.63) is 0 Å². The summed E-state index contributed by atoms with van der Waals surface area (Å²) in [4.78, 5) is 20.9. The van der Waals surface area contributed by atoms with Crippen LogP contribution in [0, 0.1) is 0 Å². The fourth-order valence-electron chi connectivity index (χ4n) is 0.832. The first-order chi connectivity index (χ1) is 5.66. The molecule has 0 unspecified atom stereocenters. The van der Waals surface area contributed by atoms with E-state index < -0.39 is 5.97 Å². The van der Waals surface area contributed by atoms with Crippen LogP contribution in [0.5, 0.6) is 0 Å². The van der Waals surface area contributed by atoms with Crippen LogP contribution in [-0.2, 0) is 14.3 Å². The van der Waals surface area contributed by atoms with E-state index in [1.807, 2.05) is 0 Å². The fourth-order valence-corrected chi connectivity index (χ4v) is 0.832. The van der Waals surface area contributed by atoms with E-state index in [0.717, 1.165) is 0 Å². The second-order valence-corrected chi connectivity index (χ2v) is 2.57. The highest BCUT2D eigenvalue weighted by atomic mass is 16.5. The number of carboxylic acid groups (broad SMARTS) is 1. The standard InChI is InChI=1S/C8H14O4/c1-12-6-7(9)4-2-3-5-8(10)11/h2-6H2,1H3,(H,10,11). The largest absolute Gasteiger partial charge is 0.481 e. The number of aliphatic carboxylic acids is 1. The zero-order chi connectivity index (χ0) is 9.40. The smallest absolute Gasteiger partial charge is 0.303 e. The summed E-state index contributed by atoms with van der Waals surface area (Å²) >= 11 is 0. The number of carbonyl (C=O) groups excluding carboxylic acids is 1. The molecule has 0 aromatic rings. The fraction of sp³-hybridized carbons (Fsp3) is 0.750. The van der Waals surface area contributed by atoms with E-state index in [4.69, 9.17) is 5.11 Å². The van der Waals surface area contributed by atoms with Gasteiger partial charge in [0.15, 0.2) is 5.78 Å². The van der Waals surface area contributed by atoms with Crippen molar-refractivity contribution in [3.63, 3.8) is 0 Å². The van der Waals surface area contributed by atoms with Gasteiger partial charge in [0.1, 0.15) is 6.61 Å². The van der Waals surface area contributed by atoms with Crippen molar-refractivity contribution < 1.29 is 19.4 Å². The number of methoxy groups -OCH3 is 1. The first kappa shape index (κ1) is 11.1. The molecule has 0 saturated heterocycles. The topological polar surface area (TPSA) is 63.6 Å². The van der Waals surface area contributed by atoms with Gasteiger partial charge in [-0.05, 0) is 12.8 Å². The van der Waals surface area contributed by atoms with E-state index >= 15 is 0 Å². The Labute approximate surface area is 71.5 Å². The van der Waals surface area contributed by atoms with Gasteiger partial charge in [-0.3, -0.25) is 9.59 Å². The highest BCUT2D eigenvalue weighted by molar-refractivity contribution is 5.79. The molecule has 0 radical (unpaired) electrons. The Bertz CT molecular complexity index is 153. The second-order valence-electron chi connectivity index (χ2n) is 2.57.